The Hall–Kier alpha value is -2.67. The monoisotopic (exact) mass is 383 g/mol. The summed E-state index contributed by atoms with van der Waals surface area (Å²) in [5.41, 5.74) is 2.80. The minimum absolute atomic E-state index is 0.120. The summed E-state index contributed by atoms with van der Waals surface area (Å²) in [5.74, 6) is 0.608. The Morgan fingerprint density at radius 3 is 2.57 bits per heavy atom. The fraction of sp³-hybridized carbons (Fsp3) is 0.476. The Kier molecular flexibility index (Phi) is 5.43. The zero-order valence-corrected chi connectivity index (χ0v) is 16.3. The zero-order chi connectivity index (χ0) is 19.5. The molecule has 148 valence electrons. The Labute approximate surface area is 164 Å². The molecule has 1 saturated heterocycles. The highest BCUT2D eigenvalue weighted by Gasteiger charge is 2.36. The first-order valence-electron chi connectivity index (χ1n) is 9.62. The SMILES string of the molecule is COc1cc(C(=O)N2Cc3ccccc3CC2C2CCOCC2)nc(OC)n1. The maximum atomic E-state index is 13.5. The van der Waals surface area contributed by atoms with Crippen LogP contribution in [0, 0.1) is 5.92 Å². The molecule has 1 amide bonds. The van der Waals surface area contributed by atoms with E-state index < -0.39 is 0 Å². The number of rotatable bonds is 4. The van der Waals surface area contributed by atoms with Crippen molar-refractivity contribution < 1.29 is 19.0 Å². The minimum atomic E-state index is -0.120. The molecule has 0 bridgehead atoms. The van der Waals surface area contributed by atoms with Gasteiger partial charge in [-0.1, -0.05) is 24.3 Å². The molecule has 0 aliphatic carbocycles. The Morgan fingerprint density at radius 2 is 1.86 bits per heavy atom. The highest BCUT2D eigenvalue weighted by atomic mass is 16.5. The first kappa shape index (κ1) is 18.7. The van der Waals surface area contributed by atoms with Gasteiger partial charge in [0.2, 0.25) is 5.88 Å². The Bertz CT molecular complexity index is 829. The molecule has 1 atom stereocenters. The molecule has 28 heavy (non-hydrogen) atoms. The predicted octanol–water partition coefficient (Wildman–Crippen LogP) is 2.49. The van der Waals surface area contributed by atoms with Crippen LogP contribution in [0.25, 0.3) is 0 Å². The van der Waals surface area contributed by atoms with Crippen molar-refractivity contribution >= 4 is 5.91 Å². The predicted molar refractivity (Wildman–Crippen MR) is 102 cm³/mol. The lowest BCUT2D eigenvalue weighted by Gasteiger charge is -2.42. The molecule has 0 radical (unpaired) electrons. The van der Waals surface area contributed by atoms with E-state index >= 15 is 0 Å². The molecule has 7 nitrogen and oxygen atoms in total. The van der Waals surface area contributed by atoms with Crippen LogP contribution in [0.1, 0.15) is 34.5 Å². The van der Waals surface area contributed by atoms with Crippen molar-refractivity contribution in [1.82, 2.24) is 14.9 Å². The molecular formula is C21H25N3O4. The number of aromatic nitrogens is 2. The lowest BCUT2D eigenvalue weighted by Crippen LogP contribution is -2.49. The number of benzene rings is 1. The van der Waals surface area contributed by atoms with Crippen LogP contribution in [0.2, 0.25) is 0 Å². The van der Waals surface area contributed by atoms with Gasteiger partial charge >= 0.3 is 6.01 Å². The second-order valence-electron chi connectivity index (χ2n) is 7.21. The van der Waals surface area contributed by atoms with Crippen LogP contribution < -0.4 is 9.47 Å². The molecule has 0 saturated carbocycles. The number of carbonyl (C=O) groups is 1. The van der Waals surface area contributed by atoms with Gasteiger partial charge in [0.25, 0.3) is 5.91 Å². The number of hydrogen-bond acceptors (Lipinski definition) is 6. The number of amides is 1. The lowest BCUT2D eigenvalue weighted by molar-refractivity contribution is 0.0177. The molecule has 2 aliphatic heterocycles. The van der Waals surface area contributed by atoms with Crippen molar-refractivity contribution in [1.29, 1.82) is 0 Å². The number of methoxy groups -OCH3 is 2. The molecule has 0 N–H and O–H groups in total. The fourth-order valence-corrected chi connectivity index (χ4v) is 4.15. The first-order valence-corrected chi connectivity index (χ1v) is 9.62. The number of ether oxygens (including phenoxy) is 3. The summed E-state index contributed by atoms with van der Waals surface area (Å²) in [6.45, 7) is 2.08. The number of hydrogen-bond donors (Lipinski definition) is 0. The summed E-state index contributed by atoms with van der Waals surface area (Å²) in [7, 11) is 2.99. The third-order valence-electron chi connectivity index (χ3n) is 5.65. The molecule has 1 aromatic heterocycles. The van der Waals surface area contributed by atoms with Crippen molar-refractivity contribution in [2.45, 2.75) is 31.8 Å². The largest absolute Gasteiger partial charge is 0.481 e. The summed E-state index contributed by atoms with van der Waals surface area (Å²) in [5, 5.41) is 0. The summed E-state index contributed by atoms with van der Waals surface area (Å²) < 4.78 is 15.9. The van der Waals surface area contributed by atoms with Crippen molar-refractivity contribution in [3.05, 3.63) is 47.2 Å². The molecule has 2 aliphatic rings. The van der Waals surface area contributed by atoms with Crippen LogP contribution in [0.15, 0.2) is 30.3 Å². The summed E-state index contributed by atoms with van der Waals surface area (Å²) >= 11 is 0. The lowest BCUT2D eigenvalue weighted by atomic mass is 9.82. The van der Waals surface area contributed by atoms with Crippen LogP contribution in [0.3, 0.4) is 0 Å². The van der Waals surface area contributed by atoms with Gasteiger partial charge in [-0.15, -0.1) is 0 Å². The molecule has 1 unspecified atom stereocenters. The average Bonchev–Trinajstić information content (AvgIpc) is 2.77. The number of nitrogens with zero attached hydrogens (tertiary/aromatic N) is 3. The van der Waals surface area contributed by atoms with Gasteiger partial charge in [-0.25, -0.2) is 0 Å². The maximum Gasteiger partial charge on any atom is 0.320 e. The van der Waals surface area contributed by atoms with E-state index in [2.05, 4.69) is 28.2 Å². The van der Waals surface area contributed by atoms with Gasteiger partial charge in [0.1, 0.15) is 5.69 Å². The van der Waals surface area contributed by atoms with Gasteiger partial charge in [0.15, 0.2) is 0 Å². The molecule has 7 heteroatoms. The highest BCUT2D eigenvalue weighted by molar-refractivity contribution is 5.93. The Balaban J connectivity index is 1.69. The quantitative estimate of drug-likeness (QED) is 0.808. The van der Waals surface area contributed by atoms with E-state index in [0.717, 1.165) is 32.5 Å². The number of fused-ring (bicyclic) bond motifs is 1. The second kappa shape index (κ2) is 8.14. The second-order valence-corrected chi connectivity index (χ2v) is 7.21. The van der Waals surface area contributed by atoms with Gasteiger partial charge in [0.05, 0.1) is 14.2 Å². The topological polar surface area (TPSA) is 73.8 Å². The molecule has 0 spiro atoms. The van der Waals surface area contributed by atoms with E-state index in [1.807, 2.05) is 11.0 Å². The Morgan fingerprint density at radius 1 is 1.11 bits per heavy atom. The smallest absolute Gasteiger partial charge is 0.320 e. The van der Waals surface area contributed by atoms with E-state index in [1.54, 1.807) is 6.07 Å². The molecular weight excluding hydrogens is 358 g/mol. The van der Waals surface area contributed by atoms with Crippen LogP contribution >= 0.6 is 0 Å². The summed E-state index contributed by atoms with van der Waals surface area (Å²) in [6, 6.07) is 10.2. The van der Waals surface area contributed by atoms with Gasteiger partial charge in [0, 0.05) is 31.9 Å². The third-order valence-corrected chi connectivity index (χ3v) is 5.65. The molecule has 4 rings (SSSR count). The van der Waals surface area contributed by atoms with E-state index in [4.69, 9.17) is 14.2 Å². The minimum Gasteiger partial charge on any atom is -0.481 e. The van der Waals surface area contributed by atoms with Crippen molar-refractivity contribution in [2.75, 3.05) is 27.4 Å². The van der Waals surface area contributed by atoms with Crippen molar-refractivity contribution in [2.24, 2.45) is 5.92 Å². The standard InChI is InChI=1S/C21H25N3O4/c1-26-19-12-17(22-21(23-19)27-2)20(25)24-13-16-6-4-3-5-15(16)11-18(24)14-7-9-28-10-8-14/h3-6,12,14,18H,7-11,13H2,1-2H3. The molecule has 1 aromatic carbocycles. The van der Waals surface area contributed by atoms with Crippen molar-refractivity contribution in [3.63, 3.8) is 0 Å². The van der Waals surface area contributed by atoms with E-state index in [1.165, 1.54) is 25.3 Å². The van der Waals surface area contributed by atoms with Gasteiger partial charge in [-0.3, -0.25) is 4.79 Å². The van der Waals surface area contributed by atoms with E-state index in [9.17, 15) is 4.79 Å². The first-order chi connectivity index (χ1) is 13.7. The molecule has 3 heterocycles. The van der Waals surface area contributed by atoms with Crippen LogP contribution in [-0.4, -0.2) is 54.3 Å². The molecule has 2 aromatic rings. The van der Waals surface area contributed by atoms with Crippen LogP contribution in [0.4, 0.5) is 0 Å². The van der Waals surface area contributed by atoms with Gasteiger partial charge in [-0.2, -0.15) is 9.97 Å². The van der Waals surface area contributed by atoms with E-state index in [-0.39, 0.29) is 18.0 Å². The maximum absolute atomic E-state index is 13.5. The molecule has 1 fully saturated rings. The summed E-state index contributed by atoms with van der Waals surface area (Å²) in [4.78, 5) is 23.8. The number of carbonyl (C=O) groups excluding carboxylic acids is 1. The highest BCUT2D eigenvalue weighted by Crippen LogP contribution is 2.33. The van der Waals surface area contributed by atoms with Crippen LogP contribution in [-0.2, 0) is 17.7 Å². The van der Waals surface area contributed by atoms with Gasteiger partial charge in [-0.05, 0) is 36.3 Å². The fourth-order valence-electron chi connectivity index (χ4n) is 4.15. The van der Waals surface area contributed by atoms with Gasteiger partial charge < -0.3 is 19.1 Å². The zero-order valence-electron chi connectivity index (χ0n) is 16.3. The summed E-state index contributed by atoms with van der Waals surface area (Å²) in [6.07, 6.45) is 2.78. The van der Waals surface area contributed by atoms with Crippen molar-refractivity contribution in [3.8, 4) is 11.9 Å². The van der Waals surface area contributed by atoms with E-state index in [0.29, 0.717) is 24.0 Å². The third kappa shape index (κ3) is 3.67. The normalized spacial score (nSPS) is 19.8. The average molecular weight is 383 g/mol. The van der Waals surface area contributed by atoms with Crippen LogP contribution in [0.5, 0.6) is 11.9 Å².